The largest absolute Gasteiger partial charge is 0.495 e. The van der Waals surface area contributed by atoms with Crippen molar-refractivity contribution in [1.29, 1.82) is 0 Å². The van der Waals surface area contributed by atoms with Gasteiger partial charge in [0.25, 0.3) is 5.91 Å². The van der Waals surface area contributed by atoms with E-state index in [9.17, 15) is 13.2 Å². The summed E-state index contributed by atoms with van der Waals surface area (Å²) < 4.78 is 33.5. The zero-order valence-electron chi connectivity index (χ0n) is 18.3. The first kappa shape index (κ1) is 22.8. The van der Waals surface area contributed by atoms with E-state index in [1.807, 2.05) is 24.3 Å². The number of para-hydroxylation sites is 2. The number of carbonyl (C=O) groups is 1. The Bertz CT molecular complexity index is 1210. The van der Waals surface area contributed by atoms with Crippen molar-refractivity contribution >= 4 is 21.6 Å². The van der Waals surface area contributed by atoms with Crippen LogP contribution in [0.25, 0.3) is 0 Å². The number of carbonyl (C=O) groups excluding carboxylic acids is 1. The van der Waals surface area contributed by atoms with Crippen LogP contribution in [0.5, 0.6) is 5.75 Å². The van der Waals surface area contributed by atoms with Crippen LogP contribution in [0.2, 0.25) is 0 Å². The SMILES string of the molecule is COc1ccccc1N1CCN(C(=O)c2cccc(S(=O)(=O)NCc3cccnc3)c2)CC1. The van der Waals surface area contributed by atoms with E-state index in [1.165, 1.54) is 12.1 Å². The van der Waals surface area contributed by atoms with E-state index in [0.29, 0.717) is 31.7 Å². The molecule has 172 valence electrons. The lowest BCUT2D eigenvalue weighted by molar-refractivity contribution is 0.0746. The zero-order valence-corrected chi connectivity index (χ0v) is 19.2. The number of benzene rings is 2. The number of piperazine rings is 1. The zero-order chi connectivity index (χ0) is 23.3. The van der Waals surface area contributed by atoms with Crippen molar-refractivity contribution in [3.63, 3.8) is 0 Å². The fourth-order valence-electron chi connectivity index (χ4n) is 3.78. The number of nitrogens with zero attached hydrogens (tertiary/aromatic N) is 3. The number of pyridine rings is 1. The van der Waals surface area contributed by atoms with E-state index in [-0.39, 0.29) is 17.3 Å². The molecule has 1 aliphatic heterocycles. The van der Waals surface area contributed by atoms with Gasteiger partial charge < -0.3 is 14.5 Å². The number of aromatic nitrogens is 1. The monoisotopic (exact) mass is 466 g/mol. The Morgan fingerprint density at radius 1 is 1.03 bits per heavy atom. The van der Waals surface area contributed by atoms with E-state index in [4.69, 9.17) is 4.74 Å². The molecule has 1 N–H and O–H groups in total. The Labute approximate surface area is 193 Å². The second-order valence-corrected chi connectivity index (χ2v) is 9.43. The third-order valence-corrected chi connectivity index (χ3v) is 6.97. The van der Waals surface area contributed by atoms with Crippen LogP contribution < -0.4 is 14.4 Å². The number of nitrogens with one attached hydrogen (secondary N) is 1. The summed E-state index contributed by atoms with van der Waals surface area (Å²) in [5, 5.41) is 0. The molecule has 1 fully saturated rings. The normalized spacial score (nSPS) is 14.2. The second kappa shape index (κ2) is 10.0. The lowest BCUT2D eigenvalue weighted by Crippen LogP contribution is -2.48. The lowest BCUT2D eigenvalue weighted by atomic mass is 10.1. The number of anilines is 1. The molecule has 33 heavy (non-hydrogen) atoms. The fraction of sp³-hybridized carbons (Fsp3) is 0.250. The summed E-state index contributed by atoms with van der Waals surface area (Å²) >= 11 is 0. The summed E-state index contributed by atoms with van der Waals surface area (Å²) in [6.45, 7) is 2.52. The van der Waals surface area contributed by atoms with Gasteiger partial charge in [0.1, 0.15) is 5.75 Å². The molecule has 1 amide bonds. The first-order valence-electron chi connectivity index (χ1n) is 10.6. The average Bonchev–Trinajstić information content (AvgIpc) is 2.88. The van der Waals surface area contributed by atoms with Gasteiger partial charge in [0, 0.05) is 50.7 Å². The topological polar surface area (TPSA) is 91.8 Å². The average molecular weight is 467 g/mol. The first-order chi connectivity index (χ1) is 16.0. The van der Waals surface area contributed by atoms with Gasteiger partial charge in [0.15, 0.2) is 0 Å². The number of methoxy groups -OCH3 is 1. The highest BCUT2D eigenvalue weighted by molar-refractivity contribution is 7.89. The highest BCUT2D eigenvalue weighted by Gasteiger charge is 2.25. The van der Waals surface area contributed by atoms with Gasteiger partial charge in [-0.1, -0.05) is 24.3 Å². The maximum atomic E-state index is 13.1. The Morgan fingerprint density at radius 2 is 1.82 bits per heavy atom. The maximum absolute atomic E-state index is 13.1. The van der Waals surface area contributed by atoms with E-state index in [2.05, 4.69) is 14.6 Å². The van der Waals surface area contributed by atoms with Crippen molar-refractivity contribution in [3.8, 4) is 5.75 Å². The van der Waals surface area contributed by atoms with Gasteiger partial charge in [-0.15, -0.1) is 0 Å². The Balaban J connectivity index is 1.42. The van der Waals surface area contributed by atoms with Gasteiger partial charge in [-0.05, 0) is 42.0 Å². The lowest BCUT2D eigenvalue weighted by Gasteiger charge is -2.36. The molecule has 0 unspecified atom stereocenters. The summed E-state index contributed by atoms with van der Waals surface area (Å²) in [6, 6.07) is 17.5. The van der Waals surface area contributed by atoms with Gasteiger partial charge in [-0.25, -0.2) is 13.1 Å². The molecule has 1 aromatic heterocycles. The highest BCUT2D eigenvalue weighted by Crippen LogP contribution is 2.28. The third-order valence-electron chi connectivity index (χ3n) is 5.57. The number of sulfonamides is 1. The van der Waals surface area contributed by atoms with Crippen molar-refractivity contribution < 1.29 is 17.9 Å². The number of hydrogen-bond acceptors (Lipinski definition) is 6. The summed E-state index contributed by atoms with van der Waals surface area (Å²) in [6.07, 6.45) is 3.23. The molecule has 3 aromatic rings. The predicted octanol–water partition coefficient (Wildman–Crippen LogP) is 2.53. The standard InChI is InChI=1S/C24H26N4O4S/c1-32-23-10-3-2-9-22(23)27-12-14-28(15-13-27)24(29)20-7-4-8-21(16-20)33(30,31)26-18-19-6-5-11-25-17-19/h2-11,16-17,26H,12-15,18H2,1H3. The quantitative estimate of drug-likeness (QED) is 0.575. The molecule has 0 aliphatic carbocycles. The number of hydrogen-bond donors (Lipinski definition) is 1. The highest BCUT2D eigenvalue weighted by atomic mass is 32.2. The van der Waals surface area contributed by atoms with Crippen LogP contribution in [0.1, 0.15) is 15.9 Å². The van der Waals surface area contributed by atoms with Gasteiger partial charge in [0.05, 0.1) is 17.7 Å². The smallest absolute Gasteiger partial charge is 0.254 e. The number of rotatable bonds is 7. The van der Waals surface area contributed by atoms with Crippen LogP contribution in [0.4, 0.5) is 5.69 Å². The van der Waals surface area contributed by atoms with Gasteiger partial charge in [0.2, 0.25) is 10.0 Å². The molecule has 2 heterocycles. The van der Waals surface area contributed by atoms with E-state index in [1.54, 1.807) is 48.7 Å². The maximum Gasteiger partial charge on any atom is 0.254 e. The van der Waals surface area contributed by atoms with E-state index < -0.39 is 10.0 Å². The Kier molecular flexibility index (Phi) is 6.90. The minimum Gasteiger partial charge on any atom is -0.495 e. The first-order valence-corrected chi connectivity index (χ1v) is 12.1. The summed E-state index contributed by atoms with van der Waals surface area (Å²) in [5.74, 6) is 0.618. The fourth-order valence-corrected chi connectivity index (χ4v) is 4.85. The van der Waals surface area contributed by atoms with Crippen molar-refractivity contribution in [2.45, 2.75) is 11.4 Å². The number of ether oxygens (including phenoxy) is 1. The van der Waals surface area contributed by atoms with Crippen LogP contribution >= 0.6 is 0 Å². The molecule has 1 aliphatic rings. The third kappa shape index (κ3) is 5.32. The van der Waals surface area contributed by atoms with E-state index in [0.717, 1.165) is 17.0 Å². The molecular formula is C24H26N4O4S. The molecule has 1 saturated heterocycles. The van der Waals surface area contributed by atoms with E-state index >= 15 is 0 Å². The molecule has 0 bridgehead atoms. The summed E-state index contributed by atoms with van der Waals surface area (Å²) in [4.78, 5) is 21.1. The molecule has 8 nitrogen and oxygen atoms in total. The van der Waals surface area contributed by atoms with Crippen LogP contribution in [0.3, 0.4) is 0 Å². The summed E-state index contributed by atoms with van der Waals surface area (Å²) in [5.41, 5.74) is 2.10. The molecule has 0 atom stereocenters. The second-order valence-electron chi connectivity index (χ2n) is 7.66. The molecular weight excluding hydrogens is 440 g/mol. The number of amides is 1. The Morgan fingerprint density at radius 3 is 2.55 bits per heavy atom. The minimum absolute atomic E-state index is 0.0601. The van der Waals surface area contributed by atoms with Crippen LogP contribution in [-0.4, -0.2) is 57.5 Å². The molecule has 0 radical (unpaired) electrons. The van der Waals surface area contributed by atoms with Crippen molar-refractivity contribution in [1.82, 2.24) is 14.6 Å². The van der Waals surface area contributed by atoms with Gasteiger partial charge in [-0.3, -0.25) is 9.78 Å². The molecule has 0 saturated carbocycles. The molecule has 0 spiro atoms. The molecule has 2 aromatic carbocycles. The van der Waals surface area contributed by atoms with Crippen molar-refractivity contribution in [3.05, 3.63) is 84.2 Å². The molecule has 9 heteroatoms. The Hall–Kier alpha value is -3.43. The summed E-state index contributed by atoms with van der Waals surface area (Å²) in [7, 11) is -2.12. The van der Waals surface area contributed by atoms with Crippen LogP contribution in [0, 0.1) is 0 Å². The van der Waals surface area contributed by atoms with Gasteiger partial charge >= 0.3 is 0 Å². The van der Waals surface area contributed by atoms with Crippen LogP contribution in [0.15, 0.2) is 78.0 Å². The van der Waals surface area contributed by atoms with Crippen LogP contribution in [-0.2, 0) is 16.6 Å². The van der Waals surface area contributed by atoms with Crippen molar-refractivity contribution in [2.75, 3.05) is 38.2 Å². The van der Waals surface area contributed by atoms with Crippen molar-refractivity contribution in [2.24, 2.45) is 0 Å². The minimum atomic E-state index is -3.77. The van der Waals surface area contributed by atoms with Gasteiger partial charge in [-0.2, -0.15) is 0 Å². The molecule has 4 rings (SSSR count). The predicted molar refractivity (Wildman–Crippen MR) is 126 cm³/mol.